The summed E-state index contributed by atoms with van der Waals surface area (Å²) in [4.78, 5) is 10.8. The molecule has 4 nitrogen and oxygen atoms in total. The lowest BCUT2D eigenvalue weighted by atomic mass is 10.2. The molecule has 2 aromatic rings. The smallest absolute Gasteiger partial charge is 0.236 e. The number of hydrazone groups is 1. The number of aromatic nitrogens is 1. The van der Waals surface area contributed by atoms with E-state index in [4.69, 9.17) is 0 Å². The first-order chi connectivity index (χ1) is 9.90. The van der Waals surface area contributed by atoms with Crippen molar-refractivity contribution < 1.29 is 4.79 Å². The summed E-state index contributed by atoms with van der Waals surface area (Å²) >= 11 is 3.52. The first-order valence-electron chi connectivity index (χ1n) is 6.65. The monoisotopic (exact) mass is 347 g/mol. The van der Waals surface area contributed by atoms with Crippen LogP contribution >= 0.6 is 15.9 Å². The zero-order valence-electron chi connectivity index (χ0n) is 12.6. The van der Waals surface area contributed by atoms with Crippen LogP contribution in [-0.2, 0) is 4.79 Å². The van der Waals surface area contributed by atoms with Crippen LogP contribution in [0.2, 0.25) is 0 Å². The van der Waals surface area contributed by atoms with Gasteiger partial charge < -0.3 is 4.57 Å². The Hall–Kier alpha value is -1.88. The van der Waals surface area contributed by atoms with E-state index < -0.39 is 0 Å². The van der Waals surface area contributed by atoms with Crippen molar-refractivity contribution in [1.29, 1.82) is 0 Å². The Bertz CT molecular complexity index is 717. The molecule has 0 fully saturated rings. The predicted octanol–water partition coefficient (Wildman–Crippen LogP) is 3.64. The Balaban J connectivity index is 2.41. The molecule has 0 aliphatic rings. The minimum atomic E-state index is -0.177. The number of benzene rings is 1. The third-order valence-electron chi connectivity index (χ3n) is 3.30. The van der Waals surface area contributed by atoms with E-state index in [0.717, 1.165) is 27.1 Å². The number of nitrogens with one attached hydrogen (secondary N) is 1. The third-order valence-corrected chi connectivity index (χ3v) is 4.19. The van der Waals surface area contributed by atoms with E-state index in [-0.39, 0.29) is 5.91 Å². The van der Waals surface area contributed by atoms with Gasteiger partial charge in [0.25, 0.3) is 0 Å². The molecule has 1 heterocycles. The van der Waals surface area contributed by atoms with Gasteiger partial charge in [0.1, 0.15) is 0 Å². The summed E-state index contributed by atoms with van der Waals surface area (Å²) in [5.74, 6) is -0.177. The van der Waals surface area contributed by atoms with Gasteiger partial charge in [0.15, 0.2) is 0 Å². The molecular formula is C16H18BrN3O. The Labute approximate surface area is 133 Å². The molecule has 1 amide bonds. The zero-order valence-corrected chi connectivity index (χ0v) is 14.2. The quantitative estimate of drug-likeness (QED) is 0.668. The lowest BCUT2D eigenvalue weighted by Crippen LogP contribution is -2.12. The minimum Gasteiger partial charge on any atom is -0.318 e. The van der Waals surface area contributed by atoms with Gasteiger partial charge in [-0.2, -0.15) is 5.10 Å². The van der Waals surface area contributed by atoms with E-state index in [1.54, 1.807) is 6.21 Å². The Morgan fingerprint density at radius 3 is 2.62 bits per heavy atom. The number of halogens is 1. The SMILES string of the molecule is CC(=O)N/N=C\c1cc(C)n(-c2ccc(Br)c(C)c2)c1C. The van der Waals surface area contributed by atoms with Gasteiger partial charge in [0, 0.05) is 34.0 Å². The molecule has 110 valence electrons. The van der Waals surface area contributed by atoms with Gasteiger partial charge in [-0.05, 0) is 50.6 Å². The highest BCUT2D eigenvalue weighted by Crippen LogP contribution is 2.24. The summed E-state index contributed by atoms with van der Waals surface area (Å²) in [7, 11) is 0. The molecule has 21 heavy (non-hydrogen) atoms. The van der Waals surface area contributed by atoms with Crippen molar-refractivity contribution in [2.75, 3.05) is 0 Å². The second-order valence-corrected chi connectivity index (χ2v) is 5.88. The van der Waals surface area contributed by atoms with Crippen molar-refractivity contribution >= 4 is 28.1 Å². The van der Waals surface area contributed by atoms with Gasteiger partial charge in [0.2, 0.25) is 5.91 Å². The summed E-state index contributed by atoms with van der Waals surface area (Å²) in [6.07, 6.45) is 1.67. The molecule has 0 unspecified atom stereocenters. The number of nitrogens with zero attached hydrogens (tertiary/aromatic N) is 2. The highest BCUT2D eigenvalue weighted by molar-refractivity contribution is 9.10. The van der Waals surface area contributed by atoms with Crippen LogP contribution < -0.4 is 5.43 Å². The summed E-state index contributed by atoms with van der Waals surface area (Å²) < 4.78 is 3.27. The molecule has 0 aliphatic carbocycles. The maximum Gasteiger partial charge on any atom is 0.236 e. The van der Waals surface area contributed by atoms with Crippen LogP contribution in [-0.4, -0.2) is 16.7 Å². The number of aryl methyl sites for hydroxylation is 2. The normalized spacial score (nSPS) is 11.1. The fourth-order valence-corrected chi connectivity index (χ4v) is 2.52. The van der Waals surface area contributed by atoms with E-state index in [1.165, 1.54) is 12.5 Å². The van der Waals surface area contributed by atoms with Crippen molar-refractivity contribution in [2.24, 2.45) is 5.10 Å². The summed E-state index contributed by atoms with van der Waals surface area (Å²) in [5.41, 5.74) is 7.92. The number of hydrogen-bond donors (Lipinski definition) is 1. The Kier molecular flexibility index (Phi) is 4.63. The largest absolute Gasteiger partial charge is 0.318 e. The number of carbonyl (C=O) groups is 1. The van der Waals surface area contributed by atoms with Crippen molar-refractivity contribution in [3.63, 3.8) is 0 Å². The average Bonchev–Trinajstić information content (AvgIpc) is 2.68. The fourth-order valence-electron chi connectivity index (χ4n) is 2.28. The lowest BCUT2D eigenvalue weighted by molar-refractivity contribution is -0.118. The molecule has 0 radical (unpaired) electrons. The number of amides is 1. The minimum absolute atomic E-state index is 0.177. The van der Waals surface area contributed by atoms with Gasteiger partial charge in [-0.1, -0.05) is 15.9 Å². The van der Waals surface area contributed by atoms with Crippen molar-refractivity contribution in [2.45, 2.75) is 27.7 Å². The van der Waals surface area contributed by atoms with Crippen LogP contribution in [0.4, 0.5) is 0 Å². The van der Waals surface area contributed by atoms with Crippen molar-refractivity contribution in [3.05, 3.63) is 51.3 Å². The fraction of sp³-hybridized carbons (Fsp3) is 0.250. The molecule has 2 rings (SSSR count). The second-order valence-electron chi connectivity index (χ2n) is 5.02. The summed E-state index contributed by atoms with van der Waals surface area (Å²) in [5, 5.41) is 3.94. The van der Waals surface area contributed by atoms with Crippen molar-refractivity contribution in [1.82, 2.24) is 9.99 Å². The maximum absolute atomic E-state index is 10.8. The molecule has 1 aromatic heterocycles. The standard InChI is InChI=1S/C16H18BrN3O/c1-10-7-15(5-6-16(10)17)20-11(2)8-14(12(20)3)9-18-19-13(4)21/h5-9H,1-4H3,(H,19,21)/b18-9-. The molecule has 1 N–H and O–H groups in total. The van der Waals surface area contributed by atoms with Crippen LogP contribution in [0.25, 0.3) is 5.69 Å². The molecule has 0 saturated carbocycles. The molecular weight excluding hydrogens is 330 g/mol. The molecule has 5 heteroatoms. The van der Waals surface area contributed by atoms with E-state index in [9.17, 15) is 4.79 Å². The van der Waals surface area contributed by atoms with E-state index >= 15 is 0 Å². The van der Waals surface area contributed by atoms with Gasteiger partial charge in [-0.3, -0.25) is 4.79 Å². The van der Waals surface area contributed by atoms with E-state index in [0.29, 0.717) is 0 Å². The molecule has 0 atom stereocenters. The van der Waals surface area contributed by atoms with Gasteiger partial charge >= 0.3 is 0 Å². The van der Waals surface area contributed by atoms with E-state index in [2.05, 4.69) is 69.1 Å². The Morgan fingerprint density at radius 2 is 2.00 bits per heavy atom. The third kappa shape index (κ3) is 3.42. The van der Waals surface area contributed by atoms with Gasteiger partial charge in [-0.15, -0.1) is 0 Å². The van der Waals surface area contributed by atoms with Crippen LogP contribution in [0.1, 0.15) is 29.4 Å². The van der Waals surface area contributed by atoms with Gasteiger partial charge in [-0.25, -0.2) is 5.43 Å². The number of hydrogen-bond acceptors (Lipinski definition) is 2. The maximum atomic E-state index is 10.8. The molecule has 0 bridgehead atoms. The Morgan fingerprint density at radius 1 is 1.29 bits per heavy atom. The first-order valence-corrected chi connectivity index (χ1v) is 7.44. The highest BCUT2D eigenvalue weighted by atomic mass is 79.9. The first kappa shape index (κ1) is 15.5. The van der Waals surface area contributed by atoms with Crippen LogP contribution in [0.3, 0.4) is 0 Å². The topological polar surface area (TPSA) is 46.4 Å². The van der Waals surface area contributed by atoms with Gasteiger partial charge in [0.05, 0.1) is 6.21 Å². The zero-order chi connectivity index (χ0) is 15.6. The van der Waals surface area contributed by atoms with E-state index in [1.807, 2.05) is 6.92 Å². The van der Waals surface area contributed by atoms with Crippen LogP contribution in [0.5, 0.6) is 0 Å². The predicted molar refractivity (Wildman–Crippen MR) is 89.1 cm³/mol. The molecule has 0 spiro atoms. The molecule has 0 saturated heterocycles. The van der Waals surface area contributed by atoms with Crippen molar-refractivity contribution in [3.8, 4) is 5.69 Å². The second kappa shape index (κ2) is 6.26. The summed E-state index contributed by atoms with van der Waals surface area (Å²) in [6.45, 7) is 7.60. The molecule has 0 aliphatic heterocycles. The number of rotatable bonds is 3. The van der Waals surface area contributed by atoms with Crippen LogP contribution in [0.15, 0.2) is 33.8 Å². The van der Waals surface area contributed by atoms with Crippen LogP contribution in [0, 0.1) is 20.8 Å². The average molecular weight is 348 g/mol. The number of carbonyl (C=O) groups excluding carboxylic acids is 1. The lowest BCUT2D eigenvalue weighted by Gasteiger charge is -2.11. The summed E-state index contributed by atoms with van der Waals surface area (Å²) in [6, 6.07) is 8.32. The molecule has 1 aromatic carbocycles. The highest BCUT2D eigenvalue weighted by Gasteiger charge is 2.10.